The van der Waals surface area contributed by atoms with E-state index in [-0.39, 0.29) is 11.8 Å². The summed E-state index contributed by atoms with van der Waals surface area (Å²) in [4.78, 5) is 14.3. The Morgan fingerprint density at radius 1 is 1.22 bits per heavy atom. The van der Waals surface area contributed by atoms with Crippen LogP contribution in [0.15, 0.2) is 47.8 Å². The number of carbonyl (C=O) groups is 1. The molecule has 0 aliphatic heterocycles. The van der Waals surface area contributed by atoms with Crippen molar-refractivity contribution in [1.82, 2.24) is 0 Å². The Morgan fingerprint density at radius 2 is 1.94 bits per heavy atom. The summed E-state index contributed by atoms with van der Waals surface area (Å²) in [6, 6.07) is 13.8. The third-order valence-electron chi connectivity index (χ3n) is 3.00. The Hall–Kier alpha value is -1.61. The van der Waals surface area contributed by atoms with Gasteiger partial charge >= 0.3 is 0 Å². The first-order valence-corrected chi connectivity index (χ1v) is 7.04. The second-order valence-electron chi connectivity index (χ2n) is 4.27. The fraction of sp³-hybridized carbons (Fsp3) is 0.267. The van der Waals surface area contributed by atoms with Gasteiger partial charge in [0.1, 0.15) is 5.00 Å². The summed E-state index contributed by atoms with van der Waals surface area (Å²) in [7, 11) is 0. The molecule has 0 radical (unpaired) electrons. The van der Waals surface area contributed by atoms with E-state index >= 15 is 0 Å². The summed E-state index contributed by atoms with van der Waals surface area (Å²) in [5.41, 5.74) is 0.935. The number of rotatable bonds is 4. The monoisotopic (exact) mass is 259 g/mol. The van der Waals surface area contributed by atoms with Crippen molar-refractivity contribution >= 4 is 27.9 Å². The highest BCUT2D eigenvalue weighted by Crippen LogP contribution is 2.31. The quantitative estimate of drug-likeness (QED) is 0.794. The number of benzene rings is 1. The summed E-state index contributed by atoms with van der Waals surface area (Å²) < 4.78 is 0. The van der Waals surface area contributed by atoms with Crippen LogP contribution < -0.4 is 4.90 Å². The lowest BCUT2D eigenvalue weighted by molar-refractivity contribution is -0.121. The predicted octanol–water partition coefficient (Wildman–Crippen LogP) is 4.46. The topological polar surface area (TPSA) is 20.3 Å². The van der Waals surface area contributed by atoms with E-state index in [1.807, 2.05) is 66.6 Å². The molecular formula is C15H17NOS. The number of para-hydroxylation sites is 1. The van der Waals surface area contributed by atoms with Gasteiger partial charge in [-0.2, -0.15) is 0 Å². The molecule has 0 saturated heterocycles. The van der Waals surface area contributed by atoms with Gasteiger partial charge in [-0.1, -0.05) is 32.0 Å². The molecule has 2 aromatic rings. The highest BCUT2D eigenvalue weighted by Gasteiger charge is 2.22. The number of amides is 1. The Balaban J connectivity index is 2.39. The van der Waals surface area contributed by atoms with Gasteiger partial charge in [0.25, 0.3) is 0 Å². The Bertz CT molecular complexity index is 492. The molecule has 1 aromatic heterocycles. The third-order valence-corrected chi connectivity index (χ3v) is 3.85. The first-order valence-electron chi connectivity index (χ1n) is 6.16. The maximum Gasteiger partial charge on any atom is 0.234 e. The number of anilines is 2. The molecule has 0 bridgehead atoms. The Morgan fingerprint density at radius 3 is 2.50 bits per heavy atom. The zero-order chi connectivity index (χ0) is 13.0. The molecule has 0 aliphatic carbocycles. The summed E-state index contributed by atoms with van der Waals surface area (Å²) >= 11 is 1.59. The third kappa shape index (κ3) is 2.62. The van der Waals surface area contributed by atoms with Crippen molar-refractivity contribution in [2.45, 2.75) is 20.3 Å². The molecule has 2 nitrogen and oxygen atoms in total. The van der Waals surface area contributed by atoms with E-state index in [4.69, 9.17) is 0 Å². The maximum absolute atomic E-state index is 12.5. The van der Waals surface area contributed by atoms with E-state index in [1.165, 1.54) is 0 Å². The van der Waals surface area contributed by atoms with Crippen LogP contribution in [0.4, 0.5) is 10.7 Å². The average molecular weight is 259 g/mol. The molecule has 2 rings (SSSR count). The second kappa shape index (κ2) is 5.83. The molecule has 1 aromatic carbocycles. The summed E-state index contributed by atoms with van der Waals surface area (Å²) in [6.07, 6.45) is 0.855. The minimum absolute atomic E-state index is 0.0345. The highest BCUT2D eigenvalue weighted by molar-refractivity contribution is 7.14. The lowest BCUT2D eigenvalue weighted by Crippen LogP contribution is -2.30. The van der Waals surface area contributed by atoms with Crippen LogP contribution >= 0.6 is 11.3 Å². The average Bonchev–Trinajstić information content (AvgIpc) is 2.93. The predicted molar refractivity (Wildman–Crippen MR) is 77.4 cm³/mol. The second-order valence-corrected chi connectivity index (χ2v) is 5.20. The van der Waals surface area contributed by atoms with Gasteiger partial charge in [0.05, 0.1) is 0 Å². The van der Waals surface area contributed by atoms with E-state index in [9.17, 15) is 4.79 Å². The van der Waals surface area contributed by atoms with E-state index in [0.717, 1.165) is 17.1 Å². The van der Waals surface area contributed by atoms with Crippen LogP contribution in [0.5, 0.6) is 0 Å². The van der Waals surface area contributed by atoms with Crippen LogP contribution in [0.3, 0.4) is 0 Å². The molecule has 0 spiro atoms. The fourth-order valence-electron chi connectivity index (χ4n) is 1.73. The Kier molecular flexibility index (Phi) is 4.15. The van der Waals surface area contributed by atoms with Gasteiger partial charge in [0.2, 0.25) is 5.91 Å². The van der Waals surface area contributed by atoms with Gasteiger partial charge in [-0.3, -0.25) is 9.69 Å². The highest BCUT2D eigenvalue weighted by atomic mass is 32.1. The number of thiophene rings is 1. The molecule has 1 atom stereocenters. The molecule has 3 heteroatoms. The number of nitrogens with zero attached hydrogens (tertiary/aromatic N) is 1. The van der Waals surface area contributed by atoms with Crippen LogP contribution in [0, 0.1) is 5.92 Å². The first kappa shape index (κ1) is 12.8. The molecule has 0 aliphatic rings. The van der Waals surface area contributed by atoms with Crippen LogP contribution in [-0.2, 0) is 4.79 Å². The van der Waals surface area contributed by atoms with E-state index in [0.29, 0.717) is 0 Å². The van der Waals surface area contributed by atoms with Gasteiger partial charge in [0.15, 0.2) is 0 Å². The maximum atomic E-state index is 12.5. The van der Waals surface area contributed by atoms with Crippen molar-refractivity contribution in [3.63, 3.8) is 0 Å². The van der Waals surface area contributed by atoms with E-state index in [2.05, 4.69) is 0 Å². The van der Waals surface area contributed by atoms with Crippen LogP contribution in [0.25, 0.3) is 0 Å². The summed E-state index contributed by atoms with van der Waals surface area (Å²) in [6.45, 7) is 4.02. The summed E-state index contributed by atoms with van der Waals surface area (Å²) in [5.74, 6) is 0.193. The standard InChI is InChI=1S/C15H17NOS/c1-3-12(2)15(17)16(14-10-7-11-18-14)13-8-5-4-6-9-13/h4-12H,3H2,1-2H3. The normalized spacial score (nSPS) is 12.1. The minimum Gasteiger partial charge on any atom is -0.274 e. The SMILES string of the molecule is CCC(C)C(=O)N(c1ccccc1)c1cccs1. The molecule has 1 amide bonds. The van der Waals surface area contributed by atoms with Crippen molar-refractivity contribution < 1.29 is 4.79 Å². The number of hydrogen-bond donors (Lipinski definition) is 0. The smallest absolute Gasteiger partial charge is 0.234 e. The van der Waals surface area contributed by atoms with Gasteiger partial charge in [-0.05, 0) is 36.1 Å². The van der Waals surface area contributed by atoms with Crippen molar-refractivity contribution in [3.8, 4) is 0 Å². The summed E-state index contributed by atoms with van der Waals surface area (Å²) in [5, 5.41) is 2.97. The molecule has 18 heavy (non-hydrogen) atoms. The van der Waals surface area contributed by atoms with Gasteiger partial charge < -0.3 is 0 Å². The Labute approximate surface area is 112 Å². The largest absolute Gasteiger partial charge is 0.274 e. The van der Waals surface area contributed by atoms with Crippen molar-refractivity contribution in [3.05, 3.63) is 47.8 Å². The molecule has 0 saturated carbocycles. The van der Waals surface area contributed by atoms with E-state index < -0.39 is 0 Å². The molecule has 0 N–H and O–H groups in total. The molecule has 94 valence electrons. The minimum atomic E-state index is 0.0345. The van der Waals surface area contributed by atoms with Crippen molar-refractivity contribution in [1.29, 1.82) is 0 Å². The number of carbonyl (C=O) groups excluding carboxylic acids is 1. The van der Waals surface area contributed by atoms with Gasteiger partial charge in [-0.25, -0.2) is 0 Å². The van der Waals surface area contributed by atoms with Crippen molar-refractivity contribution in [2.24, 2.45) is 5.92 Å². The lowest BCUT2D eigenvalue weighted by atomic mass is 10.1. The van der Waals surface area contributed by atoms with Crippen LogP contribution in [0.2, 0.25) is 0 Å². The number of hydrogen-bond acceptors (Lipinski definition) is 2. The molecule has 0 fully saturated rings. The first-order chi connectivity index (χ1) is 8.74. The van der Waals surface area contributed by atoms with Crippen molar-refractivity contribution in [2.75, 3.05) is 4.90 Å². The van der Waals surface area contributed by atoms with Gasteiger partial charge in [-0.15, -0.1) is 11.3 Å². The van der Waals surface area contributed by atoms with Crippen LogP contribution in [-0.4, -0.2) is 5.91 Å². The fourth-order valence-corrected chi connectivity index (χ4v) is 2.49. The zero-order valence-electron chi connectivity index (χ0n) is 10.7. The molecule has 1 heterocycles. The molecule has 1 unspecified atom stereocenters. The van der Waals surface area contributed by atoms with E-state index in [1.54, 1.807) is 11.3 Å². The lowest BCUT2D eigenvalue weighted by Gasteiger charge is -2.24. The van der Waals surface area contributed by atoms with Gasteiger partial charge in [0, 0.05) is 11.6 Å². The zero-order valence-corrected chi connectivity index (χ0v) is 11.5. The molecular weight excluding hydrogens is 242 g/mol. The van der Waals surface area contributed by atoms with Crippen LogP contribution in [0.1, 0.15) is 20.3 Å².